The van der Waals surface area contributed by atoms with Gasteiger partial charge in [-0.15, -0.1) is 0 Å². The van der Waals surface area contributed by atoms with Gasteiger partial charge in [0.1, 0.15) is 5.75 Å². The van der Waals surface area contributed by atoms with E-state index in [1.807, 2.05) is 0 Å². The zero-order valence-corrected chi connectivity index (χ0v) is 13.5. The van der Waals surface area contributed by atoms with Crippen molar-refractivity contribution in [2.75, 3.05) is 7.11 Å². The molecule has 0 saturated carbocycles. The molecule has 3 nitrogen and oxygen atoms in total. The molecule has 0 atom stereocenters. The van der Waals surface area contributed by atoms with Gasteiger partial charge in [0.05, 0.1) is 18.4 Å². The molecule has 0 saturated heterocycles. The van der Waals surface area contributed by atoms with Crippen molar-refractivity contribution in [1.29, 1.82) is 0 Å². The molecule has 0 unspecified atom stereocenters. The topological polar surface area (TPSA) is 43.4 Å². The lowest BCUT2D eigenvalue weighted by molar-refractivity contribution is 0.414. The number of rotatable bonds is 5. The predicted molar refractivity (Wildman–Crippen MR) is 81.1 cm³/mol. The summed E-state index contributed by atoms with van der Waals surface area (Å²) in [6.07, 6.45) is 0. The second-order valence-electron chi connectivity index (χ2n) is 4.92. The number of halogens is 5. The van der Waals surface area contributed by atoms with Crippen LogP contribution in [0.1, 0.15) is 11.1 Å². The van der Waals surface area contributed by atoms with Crippen molar-refractivity contribution in [3.05, 3.63) is 70.1 Å². The molecule has 0 aliphatic rings. The fraction of sp³-hybridized carbons (Fsp3) is 0.125. The van der Waals surface area contributed by atoms with Gasteiger partial charge in [0.15, 0.2) is 23.3 Å². The first-order valence-corrected chi connectivity index (χ1v) is 8.37. The van der Waals surface area contributed by atoms with Gasteiger partial charge in [-0.3, -0.25) is 0 Å². The number of ether oxygens (including phenoxy) is 1. The van der Waals surface area contributed by atoms with Crippen LogP contribution in [0.3, 0.4) is 0 Å². The van der Waals surface area contributed by atoms with Crippen molar-refractivity contribution in [3.63, 3.8) is 0 Å². The second-order valence-corrected chi connectivity index (χ2v) is 6.79. The highest BCUT2D eigenvalue weighted by atomic mass is 32.2. The maximum atomic E-state index is 14.0. The van der Waals surface area contributed by atoms with Crippen LogP contribution in [-0.4, -0.2) is 15.5 Å². The molecule has 0 aliphatic heterocycles. The maximum absolute atomic E-state index is 14.0. The van der Waals surface area contributed by atoms with Crippen LogP contribution < -0.4 is 4.74 Å². The largest absolute Gasteiger partial charge is 0.497 e. The van der Waals surface area contributed by atoms with Crippen LogP contribution in [0.4, 0.5) is 22.0 Å². The van der Waals surface area contributed by atoms with Gasteiger partial charge in [-0.25, -0.2) is 26.0 Å². The van der Waals surface area contributed by atoms with Crippen molar-refractivity contribution in [2.24, 2.45) is 0 Å². The Morgan fingerprint density at radius 1 is 0.960 bits per heavy atom. The molecule has 0 aromatic heterocycles. The minimum Gasteiger partial charge on any atom is -0.497 e. The molecule has 0 fully saturated rings. The monoisotopic (exact) mass is 378 g/mol. The average molecular weight is 378 g/mol. The second kappa shape index (κ2) is 7.22. The smallest absolute Gasteiger partial charge is 0.251 e. The fourth-order valence-electron chi connectivity index (χ4n) is 1.94. The molecule has 0 spiro atoms. The number of methoxy groups -OCH3 is 1. The Labute approximate surface area is 140 Å². The Morgan fingerprint density at radius 3 is 2.12 bits per heavy atom. The van der Waals surface area contributed by atoms with Gasteiger partial charge >= 0.3 is 0 Å². The molecular formula is C16H11F5O3S. The van der Waals surface area contributed by atoms with E-state index in [2.05, 4.69) is 0 Å². The lowest BCUT2D eigenvalue weighted by atomic mass is 10.2. The summed E-state index contributed by atoms with van der Waals surface area (Å²) in [6.45, 7) is 0. The standard InChI is InChI=1S/C16H11F5O3S/c1-24-10-4-2-9(3-5-10)8-25(22,23)16(21)14(19)11-6-7-12(17)15(20)13(11)18/h2-7H,8H2,1H3/b16-14-. The Kier molecular flexibility index (Phi) is 5.46. The molecule has 0 radical (unpaired) electrons. The third kappa shape index (κ3) is 3.98. The van der Waals surface area contributed by atoms with Crippen molar-refractivity contribution < 1.29 is 35.1 Å². The van der Waals surface area contributed by atoms with Crippen LogP contribution in [0.25, 0.3) is 5.83 Å². The van der Waals surface area contributed by atoms with Crippen LogP contribution in [0.2, 0.25) is 0 Å². The summed E-state index contributed by atoms with van der Waals surface area (Å²) < 4.78 is 96.2. The molecule has 2 rings (SSSR count). The van der Waals surface area contributed by atoms with Crippen LogP contribution in [0, 0.1) is 17.5 Å². The maximum Gasteiger partial charge on any atom is 0.251 e. The lowest BCUT2D eigenvalue weighted by Gasteiger charge is -2.07. The Hall–Kier alpha value is -2.42. The van der Waals surface area contributed by atoms with E-state index in [-0.39, 0.29) is 5.56 Å². The van der Waals surface area contributed by atoms with Gasteiger partial charge in [-0.05, 0) is 29.8 Å². The van der Waals surface area contributed by atoms with Crippen LogP contribution >= 0.6 is 0 Å². The Bertz CT molecular complexity index is 922. The number of hydrogen-bond donors (Lipinski definition) is 0. The third-order valence-electron chi connectivity index (χ3n) is 3.23. The van der Waals surface area contributed by atoms with Gasteiger partial charge in [0.2, 0.25) is 9.84 Å². The van der Waals surface area contributed by atoms with Gasteiger partial charge < -0.3 is 4.74 Å². The van der Waals surface area contributed by atoms with E-state index < -0.39 is 49.6 Å². The molecule has 25 heavy (non-hydrogen) atoms. The van der Waals surface area contributed by atoms with Gasteiger partial charge in [0.25, 0.3) is 5.16 Å². The minimum absolute atomic E-state index is 0.120. The summed E-state index contributed by atoms with van der Waals surface area (Å²) in [7, 11) is -3.42. The zero-order valence-electron chi connectivity index (χ0n) is 12.7. The molecule has 0 amide bonds. The molecule has 2 aromatic rings. The van der Waals surface area contributed by atoms with E-state index in [1.54, 1.807) is 0 Å². The quantitative estimate of drug-likeness (QED) is 0.576. The first-order chi connectivity index (χ1) is 11.7. The third-order valence-corrected chi connectivity index (χ3v) is 4.67. The van der Waals surface area contributed by atoms with E-state index in [9.17, 15) is 30.4 Å². The number of benzene rings is 2. The van der Waals surface area contributed by atoms with Crippen LogP contribution in [0.5, 0.6) is 5.75 Å². The molecule has 2 aromatic carbocycles. The first kappa shape index (κ1) is 18.9. The van der Waals surface area contributed by atoms with E-state index in [0.29, 0.717) is 17.9 Å². The van der Waals surface area contributed by atoms with Crippen molar-refractivity contribution in [1.82, 2.24) is 0 Å². The SMILES string of the molecule is COc1ccc(CS(=O)(=O)/C(F)=C(\F)c2ccc(F)c(F)c2F)cc1. The molecule has 0 aliphatic carbocycles. The summed E-state index contributed by atoms with van der Waals surface area (Å²) in [4.78, 5) is 0. The molecule has 9 heteroatoms. The molecule has 0 N–H and O–H groups in total. The normalized spacial score (nSPS) is 12.7. The summed E-state index contributed by atoms with van der Waals surface area (Å²) in [5.74, 6) is -8.30. The average Bonchev–Trinajstić information content (AvgIpc) is 2.59. The number of sulfone groups is 1. The molecule has 0 heterocycles. The zero-order chi connectivity index (χ0) is 18.8. The van der Waals surface area contributed by atoms with E-state index in [4.69, 9.17) is 4.74 Å². The van der Waals surface area contributed by atoms with Gasteiger partial charge in [0, 0.05) is 0 Å². The molecule has 134 valence electrons. The number of hydrogen-bond acceptors (Lipinski definition) is 3. The van der Waals surface area contributed by atoms with Gasteiger partial charge in [-0.2, -0.15) is 4.39 Å². The summed E-state index contributed by atoms with van der Waals surface area (Å²) in [5.41, 5.74) is -1.20. The van der Waals surface area contributed by atoms with Crippen molar-refractivity contribution in [2.45, 2.75) is 5.75 Å². The first-order valence-electron chi connectivity index (χ1n) is 6.72. The lowest BCUT2D eigenvalue weighted by Crippen LogP contribution is -2.07. The fourth-order valence-corrected chi connectivity index (χ4v) is 3.08. The van der Waals surface area contributed by atoms with Gasteiger partial charge in [-0.1, -0.05) is 12.1 Å². The van der Waals surface area contributed by atoms with Crippen molar-refractivity contribution >= 4 is 15.7 Å². The molecular weight excluding hydrogens is 367 g/mol. The highest BCUT2D eigenvalue weighted by Gasteiger charge is 2.27. The van der Waals surface area contributed by atoms with Crippen LogP contribution in [0.15, 0.2) is 41.6 Å². The summed E-state index contributed by atoms with van der Waals surface area (Å²) in [6, 6.07) is 6.23. The summed E-state index contributed by atoms with van der Waals surface area (Å²) >= 11 is 0. The van der Waals surface area contributed by atoms with E-state index >= 15 is 0 Å². The Balaban J connectivity index is 2.40. The highest BCUT2D eigenvalue weighted by molar-refractivity contribution is 7.94. The molecule has 0 bridgehead atoms. The highest BCUT2D eigenvalue weighted by Crippen LogP contribution is 2.30. The Morgan fingerprint density at radius 2 is 1.56 bits per heavy atom. The minimum atomic E-state index is -4.81. The van der Waals surface area contributed by atoms with E-state index in [0.717, 1.165) is 0 Å². The van der Waals surface area contributed by atoms with Crippen molar-refractivity contribution in [3.8, 4) is 5.75 Å². The van der Waals surface area contributed by atoms with E-state index in [1.165, 1.54) is 31.4 Å². The summed E-state index contributed by atoms with van der Waals surface area (Å²) in [5, 5.41) is -2.27. The predicted octanol–water partition coefficient (Wildman–Crippen LogP) is 4.29. The van der Waals surface area contributed by atoms with Crippen LogP contribution in [-0.2, 0) is 15.6 Å².